The lowest BCUT2D eigenvalue weighted by atomic mass is 10.2. The van der Waals surface area contributed by atoms with Gasteiger partial charge >= 0.3 is 0 Å². The lowest BCUT2D eigenvalue weighted by Crippen LogP contribution is -2.30. The molecule has 0 fully saturated rings. The van der Waals surface area contributed by atoms with Gasteiger partial charge in [-0.1, -0.05) is 35.5 Å². The van der Waals surface area contributed by atoms with Gasteiger partial charge in [0.05, 0.1) is 11.9 Å². The predicted molar refractivity (Wildman–Crippen MR) is 102 cm³/mol. The standard InChI is InChI=1S/C19H21N5O3/c1-13-19(14(2)27-22-13)21-17(25)12-24-18(26)9-16(10-20-24)23(3)11-15-7-5-4-6-8-15/h4-10H,11-12H2,1-3H3,(H,21,25). The second kappa shape index (κ2) is 7.86. The average molecular weight is 367 g/mol. The van der Waals surface area contributed by atoms with Gasteiger partial charge in [0.25, 0.3) is 5.56 Å². The van der Waals surface area contributed by atoms with Gasteiger partial charge in [0.1, 0.15) is 17.9 Å². The molecule has 1 N–H and O–H groups in total. The van der Waals surface area contributed by atoms with Crippen LogP contribution in [0.2, 0.25) is 0 Å². The zero-order valence-electron chi connectivity index (χ0n) is 15.5. The first-order chi connectivity index (χ1) is 12.9. The largest absolute Gasteiger partial charge is 0.369 e. The summed E-state index contributed by atoms with van der Waals surface area (Å²) < 4.78 is 6.13. The number of anilines is 2. The molecule has 8 nitrogen and oxygen atoms in total. The Labute approximate surface area is 156 Å². The van der Waals surface area contributed by atoms with Gasteiger partial charge in [-0.2, -0.15) is 5.10 Å². The number of aryl methyl sites for hydroxylation is 2. The molecule has 1 amide bonds. The Balaban J connectivity index is 1.67. The van der Waals surface area contributed by atoms with Crippen LogP contribution in [0.3, 0.4) is 0 Å². The normalized spacial score (nSPS) is 10.6. The number of hydrogen-bond acceptors (Lipinski definition) is 6. The third-order valence-corrected chi connectivity index (χ3v) is 4.15. The van der Waals surface area contributed by atoms with E-state index in [4.69, 9.17) is 4.52 Å². The molecule has 8 heteroatoms. The molecule has 0 spiro atoms. The fourth-order valence-electron chi connectivity index (χ4n) is 2.68. The van der Waals surface area contributed by atoms with Gasteiger partial charge in [-0.05, 0) is 19.4 Å². The third-order valence-electron chi connectivity index (χ3n) is 4.15. The summed E-state index contributed by atoms with van der Waals surface area (Å²) in [6.07, 6.45) is 1.58. The van der Waals surface area contributed by atoms with Gasteiger partial charge in [0.2, 0.25) is 5.91 Å². The zero-order valence-corrected chi connectivity index (χ0v) is 15.5. The number of aromatic nitrogens is 3. The summed E-state index contributed by atoms with van der Waals surface area (Å²) in [6, 6.07) is 11.4. The number of amides is 1. The number of nitrogens with one attached hydrogen (secondary N) is 1. The summed E-state index contributed by atoms with van der Waals surface area (Å²) >= 11 is 0. The van der Waals surface area contributed by atoms with Crippen molar-refractivity contribution in [1.82, 2.24) is 14.9 Å². The monoisotopic (exact) mass is 367 g/mol. The van der Waals surface area contributed by atoms with E-state index in [-0.39, 0.29) is 18.0 Å². The van der Waals surface area contributed by atoms with Gasteiger partial charge in [0.15, 0.2) is 5.76 Å². The van der Waals surface area contributed by atoms with Crippen LogP contribution in [0.25, 0.3) is 0 Å². The van der Waals surface area contributed by atoms with E-state index in [0.29, 0.717) is 29.4 Å². The Morgan fingerprint density at radius 3 is 2.63 bits per heavy atom. The second-order valence-electron chi connectivity index (χ2n) is 6.30. The van der Waals surface area contributed by atoms with Crippen molar-refractivity contribution in [2.75, 3.05) is 17.3 Å². The van der Waals surface area contributed by atoms with Crippen molar-refractivity contribution in [2.45, 2.75) is 26.9 Å². The van der Waals surface area contributed by atoms with Crippen molar-refractivity contribution in [3.05, 3.63) is 70.0 Å². The van der Waals surface area contributed by atoms with E-state index in [0.717, 1.165) is 10.2 Å². The first-order valence-corrected chi connectivity index (χ1v) is 8.49. The second-order valence-corrected chi connectivity index (χ2v) is 6.30. The van der Waals surface area contributed by atoms with E-state index in [1.165, 1.54) is 6.07 Å². The minimum atomic E-state index is -0.371. The maximum absolute atomic E-state index is 12.3. The highest BCUT2D eigenvalue weighted by molar-refractivity contribution is 5.91. The van der Waals surface area contributed by atoms with Crippen molar-refractivity contribution in [1.29, 1.82) is 0 Å². The molecule has 0 aliphatic heterocycles. The van der Waals surface area contributed by atoms with Gasteiger partial charge < -0.3 is 14.7 Å². The van der Waals surface area contributed by atoms with E-state index >= 15 is 0 Å². The van der Waals surface area contributed by atoms with Gasteiger partial charge in [-0.25, -0.2) is 4.68 Å². The number of hydrogen-bond donors (Lipinski definition) is 1. The smallest absolute Gasteiger partial charge is 0.269 e. The summed E-state index contributed by atoms with van der Waals surface area (Å²) in [7, 11) is 1.89. The molecule has 2 heterocycles. The van der Waals surface area contributed by atoms with Gasteiger partial charge in [-0.3, -0.25) is 9.59 Å². The number of nitrogens with zero attached hydrogens (tertiary/aromatic N) is 4. The van der Waals surface area contributed by atoms with Crippen molar-refractivity contribution < 1.29 is 9.32 Å². The molecule has 0 radical (unpaired) electrons. The van der Waals surface area contributed by atoms with Crippen LogP contribution >= 0.6 is 0 Å². The van der Waals surface area contributed by atoms with Crippen molar-refractivity contribution in [3.8, 4) is 0 Å². The maximum atomic E-state index is 12.3. The Morgan fingerprint density at radius 2 is 2.00 bits per heavy atom. The highest BCUT2D eigenvalue weighted by Gasteiger charge is 2.14. The molecule has 2 aromatic heterocycles. The topological polar surface area (TPSA) is 93.3 Å². The van der Waals surface area contributed by atoms with Crippen LogP contribution in [-0.4, -0.2) is 27.9 Å². The van der Waals surface area contributed by atoms with E-state index in [1.807, 2.05) is 42.3 Å². The first-order valence-electron chi connectivity index (χ1n) is 8.49. The molecule has 0 aliphatic carbocycles. The van der Waals surface area contributed by atoms with Crippen LogP contribution < -0.4 is 15.8 Å². The molecule has 0 aliphatic rings. The lowest BCUT2D eigenvalue weighted by molar-refractivity contribution is -0.117. The molecule has 1 aromatic carbocycles. The Kier molecular flexibility index (Phi) is 5.35. The number of carbonyl (C=O) groups is 1. The minimum Gasteiger partial charge on any atom is -0.369 e. The van der Waals surface area contributed by atoms with Crippen LogP contribution in [0.15, 0.2) is 51.9 Å². The lowest BCUT2D eigenvalue weighted by Gasteiger charge is -2.19. The Morgan fingerprint density at radius 1 is 1.26 bits per heavy atom. The van der Waals surface area contributed by atoms with Crippen molar-refractivity contribution >= 4 is 17.3 Å². The molecular formula is C19H21N5O3. The molecule has 0 unspecified atom stereocenters. The highest BCUT2D eigenvalue weighted by Crippen LogP contribution is 2.18. The summed E-state index contributed by atoms with van der Waals surface area (Å²) in [6.45, 7) is 3.90. The van der Waals surface area contributed by atoms with E-state index < -0.39 is 0 Å². The molecule has 0 saturated heterocycles. The van der Waals surface area contributed by atoms with Crippen molar-refractivity contribution in [2.24, 2.45) is 0 Å². The zero-order chi connectivity index (χ0) is 19.4. The van der Waals surface area contributed by atoms with Crippen molar-refractivity contribution in [3.63, 3.8) is 0 Å². The van der Waals surface area contributed by atoms with Crippen LogP contribution in [0.5, 0.6) is 0 Å². The summed E-state index contributed by atoms with van der Waals surface area (Å²) in [5, 5.41) is 10.6. The minimum absolute atomic E-state index is 0.189. The third kappa shape index (κ3) is 4.41. The average Bonchev–Trinajstić information content (AvgIpc) is 2.96. The summed E-state index contributed by atoms with van der Waals surface area (Å²) in [5.41, 5.74) is 2.57. The Bertz CT molecular complexity index is 975. The van der Waals surface area contributed by atoms with E-state index in [2.05, 4.69) is 15.6 Å². The Hall–Kier alpha value is -3.42. The summed E-state index contributed by atoms with van der Waals surface area (Å²) in [5.74, 6) is 0.142. The van der Waals surface area contributed by atoms with E-state index in [9.17, 15) is 9.59 Å². The number of benzene rings is 1. The number of carbonyl (C=O) groups excluding carboxylic acids is 1. The molecule has 0 atom stereocenters. The van der Waals surface area contributed by atoms with Crippen LogP contribution in [0.4, 0.5) is 11.4 Å². The number of rotatable bonds is 6. The quantitative estimate of drug-likeness (QED) is 0.717. The molecule has 3 aromatic rings. The van der Waals surface area contributed by atoms with E-state index in [1.54, 1.807) is 20.0 Å². The predicted octanol–water partition coefficient (Wildman–Crippen LogP) is 2.12. The molecule has 27 heavy (non-hydrogen) atoms. The molecular weight excluding hydrogens is 346 g/mol. The van der Waals surface area contributed by atoms with Crippen LogP contribution in [0, 0.1) is 13.8 Å². The fraction of sp³-hybridized carbons (Fsp3) is 0.263. The SMILES string of the molecule is Cc1noc(C)c1NC(=O)Cn1ncc(N(C)Cc2ccccc2)cc1=O. The highest BCUT2D eigenvalue weighted by atomic mass is 16.5. The van der Waals surface area contributed by atoms with Gasteiger partial charge in [0, 0.05) is 19.7 Å². The molecule has 0 bridgehead atoms. The maximum Gasteiger partial charge on any atom is 0.269 e. The van der Waals surface area contributed by atoms with Crippen LogP contribution in [0.1, 0.15) is 17.0 Å². The molecule has 140 valence electrons. The summed E-state index contributed by atoms with van der Waals surface area (Å²) in [4.78, 5) is 26.5. The van der Waals surface area contributed by atoms with Gasteiger partial charge in [-0.15, -0.1) is 0 Å². The molecule has 0 saturated carbocycles. The molecule has 3 rings (SSSR count). The van der Waals surface area contributed by atoms with Crippen LogP contribution in [-0.2, 0) is 17.9 Å². The fourth-order valence-corrected chi connectivity index (χ4v) is 2.68. The first kappa shape index (κ1) is 18.4.